The Morgan fingerprint density at radius 3 is 1.61 bits per heavy atom. The lowest BCUT2D eigenvalue weighted by Crippen LogP contribution is -2.14. The zero-order valence-electron chi connectivity index (χ0n) is 15.3. The molecule has 3 aromatic rings. The van der Waals surface area contributed by atoms with Crippen LogP contribution in [-0.2, 0) is 20.0 Å². The van der Waals surface area contributed by atoms with Crippen LogP contribution < -0.4 is 9.44 Å². The molecular weight excluding hydrogens is 489 g/mol. The monoisotopic (exact) mass is 501 g/mol. The zero-order chi connectivity index (χ0) is 22.8. The summed E-state index contributed by atoms with van der Waals surface area (Å²) in [5.41, 5.74) is 0.0622. The molecule has 0 atom stereocenters. The molecule has 0 bridgehead atoms. The SMILES string of the molecule is O=[N+]([O-])c1ccc(S(=O)(=O)Nc2ccc(S(=O)(=O)Nc3ccc(Cl)c(Cl)c3)cc2)cc1. The highest BCUT2D eigenvalue weighted by molar-refractivity contribution is 7.93. The quantitative estimate of drug-likeness (QED) is 0.361. The van der Waals surface area contributed by atoms with Crippen LogP contribution in [0.1, 0.15) is 0 Å². The Morgan fingerprint density at radius 1 is 0.677 bits per heavy atom. The summed E-state index contributed by atoms with van der Waals surface area (Å²) in [7, 11) is -7.99. The summed E-state index contributed by atoms with van der Waals surface area (Å²) >= 11 is 11.7. The van der Waals surface area contributed by atoms with Gasteiger partial charge in [0.05, 0.1) is 30.4 Å². The van der Waals surface area contributed by atoms with E-state index >= 15 is 0 Å². The van der Waals surface area contributed by atoms with Crippen LogP contribution in [-0.4, -0.2) is 21.8 Å². The Labute approximate surface area is 187 Å². The van der Waals surface area contributed by atoms with E-state index in [2.05, 4.69) is 9.44 Å². The number of nitrogens with zero attached hydrogens (tertiary/aromatic N) is 1. The Bertz CT molecular complexity index is 1340. The highest BCUT2D eigenvalue weighted by Gasteiger charge is 2.18. The van der Waals surface area contributed by atoms with Crippen molar-refractivity contribution in [3.8, 4) is 0 Å². The molecule has 9 nitrogen and oxygen atoms in total. The molecule has 0 saturated carbocycles. The zero-order valence-corrected chi connectivity index (χ0v) is 18.5. The average Bonchev–Trinajstić information content (AvgIpc) is 2.71. The molecule has 0 unspecified atom stereocenters. The largest absolute Gasteiger partial charge is 0.280 e. The molecule has 0 saturated heterocycles. The summed E-state index contributed by atoms with van der Waals surface area (Å²) in [6.07, 6.45) is 0. The number of hydrogen-bond acceptors (Lipinski definition) is 6. The van der Waals surface area contributed by atoms with Crippen LogP contribution in [0.4, 0.5) is 17.1 Å². The van der Waals surface area contributed by atoms with Gasteiger partial charge in [-0.2, -0.15) is 0 Å². The number of hydrogen-bond donors (Lipinski definition) is 2. The van der Waals surface area contributed by atoms with Gasteiger partial charge in [0, 0.05) is 17.8 Å². The molecule has 0 heterocycles. The van der Waals surface area contributed by atoms with Gasteiger partial charge in [-0.25, -0.2) is 16.8 Å². The highest BCUT2D eigenvalue weighted by Crippen LogP contribution is 2.27. The lowest BCUT2D eigenvalue weighted by molar-refractivity contribution is -0.384. The molecular formula is C18H13Cl2N3O6S2. The maximum Gasteiger partial charge on any atom is 0.269 e. The van der Waals surface area contributed by atoms with Gasteiger partial charge in [-0.1, -0.05) is 23.2 Å². The fourth-order valence-corrected chi connectivity index (χ4v) is 4.84. The second-order valence-corrected chi connectivity index (χ2v) is 10.3. The van der Waals surface area contributed by atoms with Crippen LogP contribution in [0.5, 0.6) is 0 Å². The molecule has 31 heavy (non-hydrogen) atoms. The number of sulfonamides is 2. The van der Waals surface area contributed by atoms with Crippen LogP contribution in [0.25, 0.3) is 0 Å². The number of rotatable bonds is 7. The number of non-ortho nitro benzene ring substituents is 1. The standard InChI is InChI=1S/C18H13Cl2N3O6S2/c19-17-10-3-13(11-18(17)20)22-31(28,29)15-6-1-12(2-7-15)21-30(26,27)16-8-4-14(5-9-16)23(24)25/h1-11,21-22H. The molecule has 3 aromatic carbocycles. The summed E-state index contributed by atoms with van der Waals surface area (Å²) in [4.78, 5) is 9.74. The lowest BCUT2D eigenvalue weighted by atomic mass is 10.3. The van der Waals surface area contributed by atoms with E-state index in [1.807, 2.05) is 0 Å². The van der Waals surface area contributed by atoms with Crippen molar-refractivity contribution in [2.24, 2.45) is 0 Å². The van der Waals surface area contributed by atoms with E-state index in [0.717, 1.165) is 24.3 Å². The molecule has 0 fully saturated rings. The van der Waals surface area contributed by atoms with Crippen molar-refractivity contribution in [3.05, 3.63) is 86.9 Å². The van der Waals surface area contributed by atoms with E-state index in [1.54, 1.807) is 0 Å². The van der Waals surface area contributed by atoms with E-state index in [0.29, 0.717) is 0 Å². The predicted octanol–water partition coefficient (Wildman–Crippen LogP) is 4.50. The summed E-state index contributed by atoms with van der Waals surface area (Å²) in [6, 6.07) is 13.5. The average molecular weight is 502 g/mol. The van der Waals surface area contributed by atoms with E-state index < -0.39 is 25.0 Å². The van der Waals surface area contributed by atoms with Crippen LogP contribution in [0, 0.1) is 10.1 Å². The number of nitro groups is 1. The third-order valence-corrected chi connectivity index (χ3v) is 7.48. The molecule has 162 valence electrons. The number of nitro benzene ring substituents is 1. The Morgan fingerprint density at radius 2 is 1.13 bits per heavy atom. The normalized spacial score (nSPS) is 11.7. The Hall–Kier alpha value is -2.86. The molecule has 0 aliphatic rings. The molecule has 2 N–H and O–H groups in total. The van der Waals surface area contributed by atoms with E-state index in [4.69, 9.17) is 23.2 Å². The number of anilines is 2. The van der Waals surface area contributed by atoms with Crippen LogP contribution in [0.2, 0.25) is 10.0 Å². The van der Waals surface area contributed by atoms with Crippen molar-refractivity contribution in [2.45, 2.75) is 9.79 Å². The summed E-state index contributed by atoms with van der Waals surface area (Å²) < 4.78 is 54.5. The molecule has 0 spiro atoms. The van der Waals surface area contributed by atoms with Crippen molar-refractivity contribution >= 4 is 60.3 Å². The first-order valence-electron chi connectivity index (χ1n) is 8.33. The highest BCUT2D eigenvalue weighted by atomic mass is 35.5. The molecule has 13 heteroatoms. The van der Waals surface area contributed by atoms with Gasteiger partial charge in [-0.05, 0) is 54.6 Å². The maximum absolute atomic E-state index is 12.5. The van der Waals surface area contributed by atoms with Gasteiger partial charge in [-0.15, -0.1) is 0 Å². The summed E-state index contributed by atoms with van der Waals surface area (Å²) in [6.45, 7) is 0. The third kappa shape index (κ3) is 5.44. The van der Waals surface area contributed by atoms with Gasteiger partial charge < -0.3 is 0 Å². The fraction of sp³-hybridized carbons (Fsp3) is 0. The molecule has 0 amide bonds. The van der Waals surface area contributed by atoms with Gasteiger partial charge in [-0.3, -0.25) is 19.6 Å². The maximum atomic E-state index is 12.5. The van der Waals surface area contributed by atoms with Crippen molar-refractivity contribution in [1.82, 2.24) is 0 Å². The predicted molar refractivity (Wildman–Crippen MR) is 118 cm³/mol. The molecule has 0 aliphatic heterocycles. The van der Waals surface area contributed by atoms with Crippen molar-refractivity contribution < 1.29 is 21.8 Å². The lowest BCUT2D eigenvalue weighted by Gasteiger charge is -2.11. The van der Waals surface area contributed by atoms with Gasteiger partial charge >= 0.3 is 0 Å². The molecule has 3 rings (SSSR count). The minimum absolute atomic E-state index is 0.104. The van der Waals surface area contributed by atoms with E-state index in [-0.39, 0.29) is 36.9 Å². The van der Waals surface area contributed by atoms with Crippen LogP contribution >= 0.6 is 23.2 Å². The van der Waals surface area contributed by atoms with E-state index in [9.17, 15) is 26.9 Å². The second-order valence-electron chi connectivity index (χ2n) is 6.12. The number of nitrogens with one attached hydrogen (secondary N) is 2. The first kappa shape index (κ1) is 22.8. The number of halogens is 2. The Balaban J connectivity index is 1.77. The smallest absolute Gasteiger partial charge is 0.269 e. The summed E-state index contributed by atoms with van der Waals surface area (Å²) in [5.74, 6) is 0. The minimum Gasteiger partial charge on any atom is -0.280 e. The molecule has 0 aliphatic carbocycles. The third-order valence-electron chi connectivity index (χ3n) is 3.95. The second kappa shape index (κ2) is 8.71. The first-order chi connectivity index (χ1) is 14.5. The van der Waals surface area contributed by atoms with Crippen molar-refractivity contribution in [3.63, 3.8) is 0 Å². The van der Waals surface area contributed by atoms with Gasteiger partial charge in [0.2, 0.25) is 0 Å². The summed E-state index contributed by atoms with van der Waals surface area (Å²) in [5, 5.41) is 11.1. The Kier molecular flexibility index (Phi) is 6.41. The first-order valence-corrected chi connectivity index (χ1v) is 12.1. The van der Waals surface area contributed by atoms with E-state index in [1.165, 1.54) is 42.5 Å². The van der Waals surface area contributed by atoms with Crippen LogP contribution in [0.3, 0.4) is 0 Å². The van der Waals surface area contributed by atoms with Gasteiger partial charge in [0.25, 0.3) is 25.7 Å². The number of benzene rings is 3. The minimum atomic E-state index is -4.03. The molecule has 0 aromatic heterocycles. The van der Waals surface area contributed by atoms with Gasteiger partial charge in [0.15, 0.2) is 0 Å². The van der Waals surface area contributed by atoms with Crippen LogP contribution in [0.15, 0.2) is 76.5 Å². The van der Waals surface area contributed by atoms with Crippen molar-refractivity contribution in [1.29, 1.82) is 0 Å². The fourth-order valence-electron chi connectivity index (χ4n) is 2.44. The van der Waals surface area contributed by atoms with Gasteiger partial charge in [0.1, 0.15) is 0 Å². The topological polar surface area (TPSA) is 135 Å². The molecule has 0 radical (unpaired) electrons. The van der Waals surface area contributed by atoms with Crippen molar-refractivity contribution in [2.75, 3.05) is 9.44 Å².